The van der Waals surface area contributed by atoms with E-state index in [1.165, 1.54) is 0 Å². The van der Waals surface area contributed by atoms with Crippen LogP contribution in [0.5, 0.6) is 0 Å². The highest BCUT2D eigenvalue weighted by molar-refractivity contribution is 5.89. The Morgan fingerprint density at radius 1 is 0.340 bits per heavy atom. The quantitative estimate of drug-likeness (QED) is 0.193. The first-order chi connectivity index (χ1) is 22.4. The van der Waals surface area contributed by atoms with Gasteiger partial charge in [0.05, 0.1) is 0 Å². The van der Waals surface area contributed by atoms with Crippen LogP contribution < -0.4 is 0 Å². The van der Waals surface area contributed by atoms with Gasteiger partial charge in [0.15, 0.2) is 11.2 Å². The van der Waals surface area contributed by atoms with Gasteiger partial charge in [-0.15, -0.1) is 0 Å². The van der Waals surface area contributed by atoms with Gasteiger partial charge in [-0.25, -0.2) is 0 Å². The van der Waals surface area contributed by atoms with Crippen LogP contribution in [-0.2, 0) is 11.2 Å². The third-order valence-corrected chi connectivity index (χ3v) is 8.53. The van der Waals surface area contributed by atoms with Crippen molar-refractivity contribution in [1.29, 1.82) is 0 Å². The Kier molecular flexibility index (Phi) is 7.70. The van der Waals surface area contributed by atoms with Crippen molar-refractivity contribution in [1.82, 2.24) is 0 Å². The molecule has 0 bridgehead atoms. The molecule has 0 unspecified atom stereocenters. The molecular formula is C30H14F18O2. The lowest BCUT2D eigenvalue weighted by Crippen LogP contribution is -2.74. The Morgan fingerprint density at radius 2 is 0.600 bits per heavy atom. The molecule has 272 valence electrons. The monoisotopic (exact) mass is 748 g/mol. The predicted octanol–water partition coefficient (Wildman–Crippen LogP) is 9.71. The highest BCUT2D eigenvalue weighted by atomic mass is 19.4. The fourth-order valence-corrected chi connectivity index (χ4v) is 5.85. The van der Waals surface area contributed by atoms with E-state index in [2.05, 4.69) is 0 Å². The minimum absolute atomic E-state index is 0.0200. The topological polar surface area (TPSA) is 40.5 Å². The Morgan fingerprint density at radius 3 is 0.860 bits per heavy atom. The number of halogens is 18. The van der Waals surface area contributed by atoms with Crippen LogP contribution in [0, 0.1) is 0 Å². The molecule has 1 aliphatic carbocycles. The third-order valence-electron chi connectivity index (χ3n) is 8.53. The summed E-state index contributed by atoms with van der Waals surface area (Å²) in [5.41, 5.74) is -19.9. The van der Waals surface area contributed by atoms with Crippen LogP contribution in [0.4, 0.5) is 79.0 Å². The zero-order valence-corrected chi connectivity index (χ0v) is 23.6. The smallest absolute Gasteiger partial charge is 0.374 e. The van der Waals surface area contributed by atoms with Gasteiger partial charge in [-0.3, -0.25) is 0 Å². The van der Waals surface area contributed by atoms with Crippen LogP contribution in [0.2, 0.25) is 0 Å². The van der Waals surface area contributed by atoms with Crippen molar-refractivity contribution in [2.24, 2.45) is 0 Å². The van der Waals surface area contributed by atoms with E-state index < -0.39 is 103 Å². The molecule has 0 radical (unpaired) electrons. The average Bonchev–Trinajstić information content (AvgIpc) is 3.00. The number of benzene rings is 4. The Bertz CT molecular complexity index is 1910. The molecule has 4 aromatic carbocycles. The third kappa shape index (κ3) is 4.29. The van der Waals surface area contributed by atoms with Crippen molar-refractivity contribution in [2.75, 3.05) is 0 Å². The second-order valence-corrected chi connectivity index (χ2v) is 11.4. The van der Waals surface area contributed by atoms with E-state index in [1.54, 1.807) is 0 Å². The summed E-state index contributed by atoms with van der Waals surface area (Å²) < 4.78 is 260. The summed E-state index contributed by atoms with van der Waals surface area (Å²) in [5.74, 6) is -47.4. The van der Waals surface area contributed by atoms with Gasteiger partial charge in [-0.1, -0.05) is 48.5 Å². The van der Waals surface area contributed by atoms with E-state index in [9.17, 15) is 62.9 Å². The van der Waals surface area contributed by atoms with Crippen molar-refractivity contribution in [3.8, 4) is 0 Å². The molecule has 0 aromatic heterocycles. The summed E-state index contributed by atoms with van der Waals surface area (Å²) in [5, 5.41) is 20.6. The number of fused-ring (bicyclic) bond motifs is 4. The fraction of sp³-hybridized carbons (Fsp3) is 0.333. The molecule has 0 saturated heterocycles. The number of hydrogen-bond acceptors (Lipinski definition) is 2. The second kappa shape index (κ2) is 10.3. The SMILES string of the molecule is OC1(C(F)(F)C(F)(F)F)c2cc3ccccc3cc2C(O)(C(F)(F)C(F)(F)C(F)(F)C(F)(F)C(F)(F)C(F)(F)F)c2cc3ccccc3cc21. The largest absolute Gasteiger partial charge is 0.460 e. The summed E-state index contributed by atoms with van der Waals surface area (Å²) in [6, 6.07) is 7.27. The first-order valence-electron chi connectivity index (χ1n) is 13.3. The zero-order valence-electron chi connectivity index (χ0n) is 23.6. The van der Waals surface area contributed by atoms with Gasteiger partial charge < -0.3 is 10.2 Å². The zero-order chi connectivity index (χ0) is 38.1. The standard InChI is InChI=1S/C30H14F18O2/c31-23(32,25(35,36)26(37,38)27(39,40)28(41,42)30(46,47)48)21(49)17-9-13-5-1-3-7-15(13)11-19(17)22(50,24(33,34)29(43,44)45)20-12-16-8-4-2-6-14(16)10-18(20)21/h1-12,49-50H. The molecule has 20 heteroatoms. The van der Waals surface area contributed by atoms with E-state index in [1.807, 2.05) is 0 Å². The summed E-state index contributed by atoms with van der Waals surface area (Å²) >= 11 is 0. The maximum Gasteiger partial charge on any atom is 0.460 e. The van der Waals surface area contributed by atoms with Gasteiger partial charge in [0.25, 0.3) is 0 Å². The summed E-state index contributed by atoms with van der Waals surface area (Å²) in [4.78, 5) is 0. The molecule has 0 saturated carbocycles. The highest BCUT2D eigenvalue weighted by Crippen LogP contribution is 2.67. The molecule has 0 spiro atoms. The molecule has 1 aliphatic rings. The van der Waals surface area contributed by atoms with Gasteiger partial charge in [0.1, 0.15) is 0 Å². The molecule has 0 atom stereocenters. The molecule has 50 heavy (non-hydrogen) atoms. The van der Waals surface area contributed by atoms with Crippen LogP contribution in [0.25, 0.3) is 21.5 Å². The van der Waals surface area contributed by atoms with Crippen LogP contribution >= 0.6 is 0 Å². The predicted molar refractivity (Wildman–Crippen MR) is 136 cm³/mol. The molecule has 0 amide bonds. The maximum atomic E-state index is 16.3. The average molecular weight is 748 g/mol. The number of hydrogen-bond donors (Lipinski definition) is 2. The van der Waals surface area contributed by atoms with Gasteiger partial charge in [0.2, 0.25) is 0 Å². The van der Waals surface area contributed by atoms with Crippen molar-refractivity contribution in [2.45, 2.75) is 59.1 Å². The van der Waals surface area contributed by atoms with E-state index in [-0.39, 0.29) is 24.3 Å². The normalized spacial score (nSPS) is 21.4. The number of aliphatic hydroxyl groups is 2. The van der Waals surface area contributed by atoms with E-state index in [4.69, 9.17) is 0 Å². The van der Waals surface area contributed by atoms with Crippen molar-refractivity contribution < 1.29 is 89.2 Å². The summed E-state index contributed by atoms with van der Waals surface area (Å²) in [6.07, 6.45) is -14.7. The van der Waals surface area contributed by atoms with Crippen LogP contribution in [-0.4, -0.2) is 58.1 Å². The molecule has 4 aromatic rings. The first-order valence-corrected chi connectivity index (χ1v) is 13.3. The second-order valence-electron chi connectivity index (χ2n) is 11.4. The Hall–Kier alpha value is -3.94. The lowest BCUT2D eigenvalue weighted by Gasteiger charge is -2.51. The van der Waals surface area contributed by atoms with E-state index >= 15 is 26.3 Å². The van der Waals surface area contributed by atoms with Crippen molar-refractivity contribution in [3.63, 3.8) is 0 Å². The molecule has 5 rings (SSSR count). The van der Waals surface area contributed by atoms with Gasteiger partial charge >= 0.3 is 47.9 Å². The summed E-state index contributed by atoms with van der Waals surface area (Å²) in [7, 11) is 0. The highest BCUT2D eigenvalue weighted by Gasteiger charge is 2.93. The molecule has 2 nitrogen and oxygen atoms in total. The van der Waals surface area contributed by atoms with E-state index in [0.717, 1.165) is 48.5 Å². The Balaban J connectivity index is 1.99. The minimum Gasteiger partial charge on any atom is -0.374 e. The first kappa shape index (κ1) is 37.3. The molecule has 0 heterocycles. The minimum atomic E-state index is -8.49. The van der Waals surface area contributed by atoms with Gasteiger partial charge in [-0.05, 0) is 45.8 Å². The molecule has 0 aliphatic heterocycles. The number of alkyl halides is 18. The van der Waals surface area contributed by atoms with Gasteiger partial charge in [0, 0.05) is 22.3 Å². The fourth-order valence-electron chi connectivity index (χ4n) is 5.85. The van der Waals surface area contributed by atoms with Crippen LogP contribution in [0.1, 0.15) is 22.3 Å². The van der Waals surface area contributed by atoms with Crippen molar-refractivity contribution >= 4 is 21.5 Å². The molecular weight excluding hydrogens is 734 g/mol. The lowest BCUT2D eigenvalue weighted by atomic mass is 9.61. The number of rotatable bonds is 6. The lowest BCUT2D eigenvalue weighted by molar-refractivity contribution is -0.449. The maximum absolute atomic E-state index is 16.3. The van der Waals surface area contributed by atoms with Crippen LogP contribution in [0.15, 0.2) is 72.8 Å². The Labute approximate surface area is 265 Å². The molecule has 0 fully saturated rings. The van der Waals surface area contributed by atoms with Crippen LogP contribution in [0.3, 0.4) is 0 Å². The van der Waals surface area contributed by atoms with Gasteiger partial charge in [-0.2, -0.15) is 79.0 Å². The van der Waals surface area contributed by atoms with E-state index in [0.29, 0.717) is 0 Å². The summed E-state index contributed by atoms with van der Waals surface area (Å²) in [6.45, 7) is 0. The van der Waals surface area contributed by atoms with Crippen molar-refractivity contribution in [3.05, 3.63) is 95.1 Å². The molecule has 2 N–H and O–H groups in total.